The molecule has 144 valence electrons. The molecule has 0 spiro atoms. The largest absolute Gasteiger partial charge is 0.459 e. The predicted octanol–water partition coefficient (Wildman–Crippen LogP) is 5.81. The summed E-state index contributed by atoms with van der Waals surface area (Å²) >= 11 is 1.67. The van der Waals surface area contributed by atoms with Gasteiger partial charge in [-0.15, -0.1) is 11.8 Å². The summed E-state index contributed by atoms with van der Waals surface area (Å²) in [5.41, 5.74) is 4.00. The van der Waals surface area contributed by atoms with E-state index in [0.717, 1.165) is 22.6 Å². The third-order valence-corrected chi connectivity index (χ3v) is 5.52. The number of nitrogens with one attached hydrogen (secondary N) is 1. The molecule has 0 aliphatic rings. The van der Waals surface area contributed by atoms with Gasteiger partial charge in [0.25, 0.3) is 5.91 Å². The van der Waals surface area contributed by atoms with Crippen LogP contribution in [0.5, 0.6) is 0 Å². The second-order valence-corrected chi connectivity index (χ2v) is 7.61. The quantitative estimate of drug-likeness (QED) is 0.398. The van der Waals surface area contributed by atoms with E-state index in [4.69, 9.17) is 4.42 Å². The first-order valence-corrected chi connectivity index (χ1v) is 10.3. The van der Waals surface area contributed by atoms with Gasteiger partial charge >= 0.3 is 0 Å². The van der Waals surface area contributed by atoms with Crippen molar-refractivity contribution in [3.05, 3.63) is 114 Å². The zero-order chi connectivity index (χ0) is 19.9. The number of hydrogen-bond donors (Lipinski definition) is 1. The highest BCUT2D eigenvalue weighted by molar-refractivity contribution is 7.98. The predicted molar refractivity (Wildman–Crippen MR) is 116 cm³/mol. The van der Waals surface area contributed by atoms with Crippen molar-refractivity contribution < 1.29 is 9.21 Å². The average molecular weight is 401 g/mol. The zero-order valence-electron chi connectivity index (χ0n) is 15.7. The summed E-state index contributed by atoms with van der Waals surface area (Å²) in [6, 6.07) is 23.8. The number of thioether (sulfide) groups is 1. The zero-order valence-corrected chi connectivity index (χ0v) is 16.6. The van der Waals surface area contributed by atoms with E-state index in [9.17, 15) is 4.79 Å². The summed E-state index contributed by atoms with van der Waals surface area (Å²) in [4.78, 5) is 17.9. The minimum absolute atomic E-state index is 0.236. The fourth-order valence-corrected chi connectivity index (χ4v) is 3.86. The summed E-state index contributed by atoms with van der Waals surface area (Å²) < 4.78 is 5.46. The maximum Gasteiger partial charge on any atom is 0.291 e. The van der Waals surface area contributed by atoms with Crippen LogP contribution in [0.4, 0.5) is 5.69 Å². The molecule has 0 saturated carbocycles. The maximum atomic E-state index is 12.7. The lowest BCUT2D eigenvalue weighted by Gasteiger charge is -2.07. The second-order valence-electron chi connectivity index (χ2n) is 6.56. The highest BCUT2D eigenvalue weighted by Gasteiger charge is 2.16. The average Bonchev–Trinajstić information content (AvgIpc) is 3.24. The lowest BCUT2D eigenvalue weighted by atomic mass is 10.1. The molecule has 4 aromatic rings. The van der Waals surface area contributed by atoms with Crippen LogP contribution in [-0.2, 0) is 12.2 Å². The van der Waals surface area contributed by atoms with Gasteiger partial charge in [0.15, 0.2) is 5.76 Å². The number of amides is 1. The normalized spacial score (nSPS) is 10.6. The van der Waals surface area contributed by atoms with Crippen LogP contribution in [0.25, 0.3) is 0 Å². The molecule has 0 aliphatic carbocycles. The highest BCUT2D eigenvalue weighted by Crippen LogP contribution is 2.25. The molecule has 1 N–H and O–H groups in total. The van der Waals surface area contributed by atoms with E-state index >= 15 is 0 Å². The number of benzene rings is 2. The summed E-state index contributed by atoms with van der Waals surface area (Å²) in [7, 11) is 0. The molecule has 2 aromatic heterocycles. The van der Waals surface area contributed by atoms with Crippen LogP contribution in [0.1, 0.15) is 27.2 Å². The van der Waals surface area contributed by atoms with Gasteiger partial charge < -0.3 is 9.73 Å². The smallest absolute Gasteiger partial charge is 0.291 e. The van der Waals surface area contributed by atoms with Gasteiger partial charge in [0.05, 0.1) is 6.26 Å². The molecule has 0 aliphatic heterocycles. The van der Waals surface area contributed by atoms with Gasteiger partial charge in [0.1, 0.15) is 0 Å². The van der Waals surface area contributed by atoms with Crippen molar-refractivity contribution in [2.75, 3.05) is 5.32 Å². The molecule has 0 atom stereocenters. The molecule has 5 heteroatoms. The number of carbonyl (C=O) groups excluding carboxylic acids is 1. The molecule has 4 rings (SSSR count). The number of furan rings is 1. The van der Waals surface area contributed by atoms with Gasteiger partial charge in [-0.05, 0) is 60.0 Å². The Bertz CT molecular complexity index is 1060. The third kappa shape index (κ3) is 5.15. The van der Waals surface area contributed by atoms with E-state index in [0.29, 0.717) is 11.5 Å². The number of aromatic nitrogens is 1. The molecule has 4 nitrogen and oxygen atoms in total. The fraction of sp³-hybridized carbons (Fsp3) is 0.0833. The van der Waals surface area contributed by atoms with Crippen molar-refractivity contribution in [1.82, 2.24) is 4.98 Å². The summed E-state index contributed by atoms with van der Waals surface area (Å²) in [5, 5.41) is 2.92. The molecule has 29 heavy (non-hydrogen) atoms. The third-order valence-electron chi connectivity index (χ3n) is 4.46. The van der Waals surface area contributed by atoms with Crippen molar-refractivity contribution >= 4 is 23.4 Å². The van der Waals surface area contributed by atoms with Crippen molar-refractivity contribution in [3.8, 4) is 0 Å². The fourth-order valence-electron chi connectivity index (χ4n) is 2.96. The van der Waals surface area contributed by atoms with E-state index < -0.39 is 0 Å². The Kier molecular flexibility index (Phi) is 6.07. The monoisotopic (exact) mass is 400 g/mol. The molecule has 0 unspecified atom stereocenters. The van der Waals surface area contributed by atoms with Crippen LogP contribution in [0, 0.1) is 0 Å². The summed E-state index contributed by atoms with van der Waals surface area (Å²) in [5.74, 6) is 0.795. The van der Waals surface area contributed by atoms with E-state index in [1.54, 1.807) is 30.4 Å². The lowest BCUT2D eigenvalue weighted by Crippen LogP contribution is -2.12. The van der Waals surface area contributed by atoms with Gasteiger partial charge in [-0.1, -0.05) is 30.3 Å². The van der Waals surface area contributed by atoms with E-state index in [1.807, 2.05) is 60.7 Å². The number of hydrogen-bond acceptors (Lipinski definition) is 4. The molecule has 0 saturated heterocycles. The molecular formula is C24H20N2O2S. The van der Waals surface area contributed by atoms with Crippen LogP contribution in [0.3, 0.4) is 0 Å². The number of pyridine rings is 1. The van der Waals surface area contributed by atoms with Gasteiger partial charge in [-0.3, -0.25) is 9.78 Å². The van der Waals surface area contributed by atoms with Crippen LogP contribution < -0.4 is 5.32 Å². The Morgan fingerprint density at radius 3 is 2.38 bits per heavy atom. The SMILES string of the molecule is O=C(Nc1ccc(Cc2ccncc2)cc1)c1occc1CSc1ccccc1. The van der Waals surface area contributed by atoms with E-state index in [2.05, 4.69) is 22.4 Å². The minimum Gasteiger partial charge on any atom is -0.459 e. The topological polar surface area (TPSA) is 55.1 Å². The molecule has 0 fully saturated rings. The Morgan fingerprint density at radius 2 is 1.62 bits per heavy atom. The lowest BCUT2D eigenvalue weighted by molar-refractivity contribution is 0.0996. The van der Waals surface area contributed by atoms with E-state index in [1.165, 1.54) is 11.1 Å². The minimum atomic E-state index is -0.236. The van der Waals surface area contributed by atoms with Crippen LogP contribution in [0.15, 0.2) is 101 Å². The second kappa shape index (κ2) is 9.26. The first kappa shape index (κ1) is 19.0. The van der Waals surface area contributed by atoms with Crippen LogP contribution in [0.2, 0.25) is 0 Å². The van der Waals surface area contributed by atoms with Crippen molar-refractivity contribution in [1.29, 1.82) is 0 Å². The van der Waals surface area contributed by atoms with Crippen molar-refractivity contribution in [2.45, 2.75) is 17.1 Å². The molecule has 1 amide bonds. The number of rotatable bonds is 7. The summed E-state index contributed by atoms with van der Waals surface area (Å²) in [6.07, 6.45) is 5.98. The van der Waals surface area contributed by atoms with Gasteiger partial charge in [-0.2, -0.15) is 0 Å². The van der Waals surface area contributed by atoms with Gasteiger partial charge in [0.2, 0.25) is 0 Å². The van der Waals surface area contributed by atoms with Crippen LogP contribution in [-0.4, -0.2) is 10.9 Å². The first-order chi connectivity index (χ1) is 14.3. The Labute approximate surface area is 174 Å². The summed E-state index contributed by atoms with van der Waals surface area (Å²) in [6.45, 7) is 0. The maximum absolute atomic E-state index is 12.7. The number of anilines is 1. The molecular weight excluding hydrogens is 380 g/mol. The molecule has 0 bridgehead atoms. The standard InChI is InChI=1S/C24H20N2O2S/c27-24(23-20(12-15-28-23)17-29-22-4-2-1-3-5-22)26-21-8-6-18(7-9-21)16-19-10-13-25-14-11-19/h1-15H,16-17H2,(H,26,27). The van der Waals surface area contributed by atoms with Crippen molar-refractivity contribution in [2.24, 2.45) is 0 Å². The van der Waals surface area contributed by atoms with Gasteiger partial charge in [0, 0.05) is 34.3 Å². The molecule has 0 radical (unpaired) electrons. The highest BCUT2D eigenvalue weighted by atomic mass is 32.2. The number of nitrogens with zero attached hydrogens (tertiary/aromatic N) is 1. The molecule has 2 aromatic carbocycles. The van der Waals surface area contributed by atoms with Gasteiger partial charge in [-0.25, -0.2) is 0 Å². The van der Waals surface area contributed by atoms with Crippen molar-refractivity contribution in [3.63, 3.8) is 0 Å². The Hall–Kier alpha value is -3.31. The van der Waals surface area contributed by atoms with Crippen LogP contribution >= 0.6 is 11.8 Å². The number of carbonyl (C=O) groups is 1. The molecule has 2 heterocycles. The first-order valence-electron chi connectivity index (χ1n) is 9.31. The van der Waals surface area contributed by atoms with E-state index in [-0.39, 0.29) is 5.91 Å². The Balaban J connectivity index is 1.37. The Morgan fingerprint density at radius 1 is 0.897 bits per heavy atom.